The fourth-order valence-corrected chi connectivity index (χ4v) is 3.82. The van der Waals surface area contributed by atoms with Crippen LogP contribution in [0, 0.1) is 5.92 Å². The van der Waals surface area contributed by atoms with Crippen LogP contribution in [-0.4, -0.2) is 32.4 Å². The van der Waals surface area contributed by atoms with E-state index in [0.717, 1.165) is 48.7 Å². The number of carbonyl (C=O) groups excluding carboxylic acids is 1. The average Bonchev–Trinajstić information content (AvgIpc) is 3.16. The molecule has 1 aromatic carbocycles. The minimum atomic E-state index is -4.61. The van der Waals surface area contributed by atoms with Crippen LogP contribution >= 0.6 is 0 Å². The Hall–Kier alpha value is -2.94. The van der Waals surface area contributed by atoms with Crippen molar-refractivity contribution in [3.63, 3.8) is 0 Å². The zero-order chi connectivity index (χ0) is 21.3. The molecular formula is C21H21F3N4O2. The van der Waals surface area contributed by atoms with Crippen LogP contribution in [-0.2, 0) is 6.18 Å². The first kappa shape index (κ1) is 20.3. The minimum absolute atomic E-state index is 0.220. The van der Waals surface area contributed by atoms with E-state index in [1.807, 2.05) is 10.9 Å². The molecule has 0 radical (unpaired) electrons. The van der Waals surface area contributed by atoms with Crippen molar-refractivity contribution >= 4 is 22.5 Å². The van der Waals surface area contributed by atoms with Crippen molar-refractivity contribution in [1.29, 1.82) is 0 Å². The van der Waals surface area contributed by atoms with E-state index in [0.29, 0.717) is 11.6 Å². The summed E-state index contributed by atoms with van der Waals surface area (Å²) in [4.78, 5) is 15.8. The summed E-state index contributed by atoms with van der Waals surface area (Å²) in [6.45, 7) is 0.220. The summed E-state index contributed by atoms with van der Waals surface area (Å²) in [6, 6.07) is 8.66. The highest BCUT2D eigenvalue weighted by molar-refractivity contribution is 6.03. The second kappa shape index (κ2) is 8.06. The van der Waals surface area contributed by atoms with Crippen molar-refractivity contribution < 1.29 is 23.1 Å². The second-order valence-electron chi connectivity index (χ2n) is 7.60. The number of rotatable bonds is 4. The number of benzene rings is 1. The number of amides is 1. The van der Waals surface area contributed by atoms with Gasteiger partial charge in [0.2, 0.25) is 0 Å². The van der Waals surface area contributed by atoms with Gasteiger partial charge >= 0.3 is 6.18 Å². The SMILES string of the molecule is O=C(Nc1ccc2nn(C3CCC(CO)CC3)cc2c1)c1cccc(C(F)(F)F)n1. The summed E-state index contributed by atoms with van der Waals surface area (Å²) in [7, 11) is 0. The molecule has 2 aromatic heterocycles. The third-order valence-corrected chi connectivity index (χ3v) is 5.50. The van der Waals surface area contributed by atoms with E-state index in [1.54, 1.807) is 18.2 Å². The van der Waals surface area contributed by atoms with E-state index < -0.39 is 17.8 Å². The second-order valence-corrected chi connectivity index (χ2v) is 7.60. The van der Waals surface area contributed by atoms with Crippen molar-refractivity contribution in [1.82, 2.24) is 14.8 Å². The van der Waals surface area contributed by atoms with Crippen LogP contribution in [0.25, 0.3) is 10.9 Å². The summed E-state index contributed by atoms with van der Waals surface area (Å²) in [5, 5.41) is 17.3. The first-order valence-electron chi connectivity index (χ1n) is 9.79. The van der Waals surface area contributed by atoms with Gasteiger partial charge in [-0.05, 0) is 61.9 Å². The Balaban J connectivity index is 1.49. The molecule has 1 aliphatic rings. The van der Waals surface area contributed by atoms with E-state index in [4.69, 9.17) is 0 Å². The summed E-state index contributed by atoms with van der Waals surface area (Å²) in [5.74, 6) is -0.354. The number of nitrogens with one attached hydrogen (secondary N) is 1. The fourth-order valence-electron chi connectivity index (χ4n) is 3.82. The highest BCUT2D eigenvalue weighted by Crippen LogP contribution is 2.33. The molecule has 0 aliphatic heterocycles. The van der Waals surface area contributed by atoms with Gasteiger partial charge in [0.15, 0.2) is 0 Å². The quantitative estimate of drug-likeness (QED) is 0.657. The summed E-state index contributed by atoms with van der Waals surface area (Å²) < 4.78 is 40.4. The molecule has 0 saturated heterocycles. The van der Waals surface area contributed by atoms with Crippen LogP contribution < -0.4 is 5.32 Å². The highest BCUT2D eigenvalue weighted by atomic mass is 19.4. The fraction of sp³-hybridized carbons (Fsp3) is 0.381. The van der Waals surface area contributed by atoms with Crippen molar-refractivity contribution in [3.8, 4) is 0 Å². The number of halogens is 3. The molecule has 9 heteroatoms. The number of aliphatic hydroxyl groups is 1. The Morgan fingerprint density at radius 2 is 1.93 bits per heavy atom. The number of aromatic nitrogens is 3. The molecule has 0 spiro atoms. The number of pyridine rings is 1. The molecule has 30 heavy (non-hydrogen) atoms. The number of nitrogens with zero attached hydrogens (tertiary/aromatic N) is 3. The zero-order valence-electron chi connectivity index (χ0n) is 16.1. The van der Waals surface area contributed by atoms with Gasteiger partial charge in [0.25, 0.3) is 5.91 Å². The van der Waals surface area contributed by atoms with Crippen molar-refractivity contribution in [2.75, 3.05) is 11.9 Å². The van der Waals surface area contributed by atoms with Crippen LogP contribution in [0.2, 0.25) is 0 Å². The molecule has 3 aromatic rings. The molecule has 0 unspecified atom stereocenters. The average molecular weight is 418 g/mol. The van der Waals surface area contributed by atoms with E-state index in [9.17, 15) is 23.1 Å². The molecule has 1 fully saturated rings. The lowest BCUT2D eigenvalue weighted by Crippen LogP contribution is -2.20. The lowest BCUT2D eigenvalue weighted by molar-refractivity contribution is -0.141. The number of carbonyl (C=O) groups is 1. The van der Waals surface area contributed by atoms with E-state index in [-0.39, 0.29) is 18.3 Å². The van der Waals surface area contributed by atoms with Gasteiger partial charge in [0.1, 0.15) is 11.4 Å². The third kappa shape index (κ3) is 4.30. The maximum Gasteiger partial charge on any atom is 0.433 e. The molecule has 1 amide bonds. The number of fused-ring (bicyclic) bond motifs is 1. The van der Waals surface area contributed by atoms with Crippen molar-refractivity contribution in [3.05, 3.63) is 54.0 Å². The van der Waals surface area contributed by atoms with Gasteiger partial charge in [-0.1, -0.05) is 6.07 Å². The first-order valence-corrected chi connectivity index (χ1v) is 9.79. The molecular weight excluding hydrogens is 397 g/mol. The van der Waals surface area contributed by atoms with E-state index in [1.165, 1.54) is 6.07 Å². The Labute approximate surface area is 170 Å². The van der Waals surface area contributed by atoms with Crippen LogP contribution in [0.5, 0.6) is 0 Å². The van der Waals surface area contributed by atoms with Crippen LogP contribution in [0.4, 0.5) is 18.9 Å². The first-order chi connectivity index (χ1) is 14.3. The molecule has 6 nitrogen and oxygen atoms in total. The Bertz CT molecular complexity index is 1060. The predicted octanol–water partition coefficient (Wildman–Crippen LogP) is 4.43. The lowest BCUT2D eigenvalue weighted by atomic mass is 9.87. The van der Waals surface area contributed by atoms with E-state index in [2.05, 4.69) is 15.4 Å². The molecule has 2 heterocycles. The minimum Gasteiger partial charge on any atom is -0.396 e. The molecule has 0 bridgehead atoms. The summed E-state index contributed by atoms with van der Waals surface area (Å²) in [5.41, 5.74) is -0.186. The van der Waals surface area contributed by atoms with Gasteiger partial charge in [-0.25, -0.2) is 4.98 Å². The molecule has 1 aliphatic carbocycles. The van der Waals surface area contributed by atoms with Gasteiger partial charge < -0.3 is 10.4 Å². The van der Waals surface area contributed by atoms with Crippen molar-refractivity contribution in [2.45, 2.75) is 37.9 Å². The Morgan fingerprint density at radius 1 is 1.17 bits per heavy atom. The Kier molecular flexibility index (Phi) is 5.46. The number of alkyl halides is 3. The summed E-state index contributed by atoms with van der Waals surface area (Å²) in [6.07, 6.45) is 1.12. The van der Waals surface area contributed by atoms with Crippen LogP contribution in [0.3, 0.4) is 0 Å². The van der Waals surface area contributed by atoms with E-state index >= 15 is 0 Å². The monoisotopic (exact) mass is 418 g/mol. The van der Waals surface area contributed by atoms with Gasteiger partial charge in [0.05, 0.1) is 11.6 Å². The van der Waals surface area contributed by atoms with Gasteiger partial charge in [-0.15, -0.1) is 0 Å². The topological polar surface area (TPSA) is 80.0 Å². The van der Waals surface area contributed by atoms with Crippen LogP contribution in [0.1, 0.15) is 47.9 Å². The predicted molar refractivity (Wildman–Crippen MR) is 105 cm³/mol. The highest BCUT2D eigenvalue weighted by Gasteiger charge is 2.33. The lowest BCUT2D eigenvalue weighted by Gasteiger charge is -2.27. The Morgan fingerprint density at radius 3 is 2.63 bits per heavy atom. The number of aliphatic hydroxyl groups excluding tert-OH is 1. The van der Waals surface area contributed by atoms with Gasteiger partial charge in [0, 0.05) is 23.9 Å². The summed E-state index contributed by atoms with van der Waals surface area (Å²) >= 11 is 0. The normalized spacial score (nSPS) is 19.7. The zero-order valence-corrected chi connectivity index (χ0v) is 16.1. The molecule has 158 valence electrons. The van der Waals surface area contributed by atoms with Gasteiger partial charge in [-0.2, -0.15) is 18.3 Å². The maximum absolute atomic E-state index is 12.8. The smallest absolute Gasteiger partial charge is 0.396 e. The molecule has 0 atom stereocenters. The largest absolute Gasteiger partial charge is 0.433 e. The standard InChI is InChI=1S/C21H21F3N4O2/c22-21(23,24)19-3-1-2-18(26-19)20(30)25-15-6-9-17-14(10-15)11-28(27-17)16-7-4-13(12-29)5-8-16/h1-3,6,9-11,13,16,29H,4-5,7-8,12H2,(H,25,30). The molecule has 4 rings (SSSR count). The van der Waals surface area contributed by atoms with Crippen LogP contribution in [0.15, 0.2) is 42.6 Å². The third-order valence-electron chi connectivity index (χ3n) is 5.50. The number of anilines is 1. The molecule has 2 N–H and O–H groups in total. The number of hydrogen-bond donors (Lipinski definition) is 2. The van der Waals surface area contributed by atoms with Gasteiger partial charge in [-0.3, -0.25) is 9.48 Å². The van der Waals surface area contributed by atoms with Crippen molar-refractivity contribution in [2.24, 2.45) is 5.92 Å². The number of hydrogen-bond acceptors (Lipinski definition) is 4. The molecule has 1 saturated carbocycles. The maximum atomic E-state index is 12.8.